The third-order valence-corrected chi connectivity index (χ3v) is 8.96. The van der Waals surface area contributed by atoms with E-state index in [1.54, 1.807) is 18.2 Å². The number of benzene rings is 1. The summed E-state index contributed by atoms with van der Waals surface area (Å²) in [4.78, 5) is 26.2. The lowest BCUT2D eigenvalue weighted by Gasteiger charge is -2.26. The molecule has 1 aromatic carbocycles. The Morgan fingerprint density at radius 1 is 1.32 bits per heavy atom. The summed E-state index contributed by atoms with van der Waals surface area (Å²) in [5, 5.41) is 3.34. The molecule has 2 heterocycles. The maximum Gasteiger partial charge on any atom is 0.252 e. The summed E-state index contributed by atoms with van der Waals surface area (Å²) in [5.41, 5.74) is 1.86. The van der Waals surface area contributed by atoms with E-state index in [0.29, 0.717) is 20.6 Å². The number of rotatable bonds is 5. The van der Waals surface area contributed by atoms with Crippen molar-refractivity contribution >= 4 is 67.9 Å². The van der Waals surface area contributed by atoms with E-state index in [2.05, 4.69) is 5.32 Å². The molecule has 11 heteroatoms. The van der Waals surface area contributed by atoms with Crippen LogP contribution in [0.4, 0.5) is 11.4 Å². The van der Waals surface area contributed by atoms with E-state index in [9.17, 15) is 18.0 Å². The lowest BCUT2D eigenvalue weighted by Crippen LogP contribution is -2.40. The number of thiophene rings is 1. The Balaban J connectivity index is 1.84. The predicted octanol–water partition coefficient (Wildman–Crippen LogP) is 3.04. The molecule has 1 aliphatic rings. The van der Waals surface area contributed by atoms with Crippen molar-refractivity contribution in [3.63, 3.8) is 0 Å². The van der Waals surface area contributed by atoms with Crippen LogP contribution in [0.3, 0.4) is 0 Å². The fourth-order valence-electron chi connectivity index (χ4n) is 2.56. The van der Waals surface area contributed by atoms with E-state index >= 15 is 0 Å². The number of hydrogen-bond donors (Lipinski definition) is 1. The lowest BCUT2D eigenvalue weighted by atomic mass is 10.2. The van der Waals surface area contributed by atoms with Crippen molar-refractivity contribution in [2.45, 2.75) is 15.3 Å². The first-order chi connectivity index (χ1) is 13.1. The monoisotopic (exact) mass is 459 g/mol. The second-order valence-electron chi connectivity index (χ2n) is 6.30. The third kappa shape index (κ3) is 4.20. The van der Waals surface area contributed by atoms with E-state index in [0.717, 1.165) is 21.2 Å². The van der Waals surface area contributed by atoms with Crippen LogP contribution in [-0.4, -0.2) is 50.9 Å². The van der Waals surface area contributed by atoms with Crippen LogP contribution in [0.1, 0.15) is 5.56 Å². The zero-order valence-corrected chi connectivity index (χ0v) is 18.6. The first-order valence-electron chi connectivity index (χ1n) is 8.15. The zero-order chi connectivity index (χ0) is 20.6. The second-order valence-corrected chi connectivity index (χ2v) is 11.4. The number of hydrogen-bond acceptors (Lipinski definition) is 6. The molecular formula is C17H18ClN3O4S3. The van der Waals surface area contributed by atoms with Gasteiger partial charge in [0.2, 0.25) is 11.8 Å². The molecule has 0 bridgehead atoms. The zero-order valence-electron chi connectivity index (χ0n) is 15.4. The first kappa shape index (κ1) is 21.1. The Labute approximate surface area is 176 Å². The van der Waals surface area contributed by atoms with Crippen molar-refractivity contribution in [2.24, 2.45) is 0 Å². The van der Waals surface area contributed by atoms with E-state index in [4.69, 9.17) is 11.6 Å². The van der Waals surface area contributed by atoms with Crippen LogP contribution < -0.4 is 10.2 Å². The van der Waals surface area contributed by atoms with Gasteiger partial charge in [-0.3, -0.25) is 9.59 Å². The normalized spacial score (nSPS) is 14.3. The summed E-state index contributed by atoms with van der Waals surface area (Å²) in [5.74, 6) is -0.464. The van der Waals surface area contributed by atoms with Crippen molar-refractivity contribution in [3.8, 4) is 0 Å². The van der Waals surface area contributed by atoms with Gasteiger partial charge in [-0.05, 0) is 36.8 Å². The van der Waals surface area contributed by atoms with Crippen LogP contribution in [0.15, 0.2) is 32.7 Å². The number of amides is 2. The van der Waals surface area contributed by atoms with Gasteiger partial charge in [-0.25, -0.2) is 12.7 Å². The molecule has 1 aliphatic heterocycles. The van der Waals surface area contributed by atoms with E-state index in [1.165, 1.54) is 36.8 Å². The highest BCUT2D eigenvalue weighted by atomic mass is 35.5. The van der Waals surface area contributed by atoms with Gasteiger partial charge in [0.15, 0.2) is 0 Å². The Morgan fingerprint density at radius 2 is 2.04 bits per heavy atom. The van der Waals surface area contributed by atoms with Gasteiger partial charge < -0.3 is 10.2 Å². The summed E-state index contributed by atoms with van der Waals surface area (Å²) >= 11 is 8.31. The van der Waals surface area contributed by atoms with Gasteiger partial charge in [-0.15, -0.1) is 23.1 Å². The van der Waals surface area contributed by atoms with Crippen molar-refractivity contribution in [2.75, 3.05) is 36.6 Å². The van der Waals surface area contributed by atoms with Crippen LogP contribution in [0, 0.1) is 6.92 Å². The number of fused-ring (bicyclic) bond motifs is 1. The summed E-state index contributed by atoms with van der Waals surface area (Å²) < 4.78 is 26.8. The average molecular weight is 460 g/mol. The Morgan fingerprint density at radius 3 is 2.68 bits per heavy atom. The molecule has 28 heavy (non-hydrogen) atoms. The fourth-order valence-corrected chi connectivity index (χ4v) is 6.72. The largest absolute Gasteiger partial charge is 0.324 e. The van der Waals surface area contributed by atoms with Crippen molar-refractivity contribution in [3.05, 3.63) is 34.9 Å². The molecule has 2 amide bonds. The summed E-state index contributed by atoms with van der Waals surface area (Å²) in [7, 11) is -0.710. The number of aryl methyl sites for hydroxylation is 1. The molecule has 0 saturated heterocycles. The molecule has 0 radical (unpaired) electrons. The molecule has 0 saturated carbocycles. The Bertz CT molecular complexity index is 1050. The van der Waals surface area contributed by atoms with Gasteiger partial charge in [0.25, 0.3) is 10.0 Å². The van der Waals surface area contributed by atoms with Crippen molar-refractivity contribution in [1.82, 2.24) is 4.31 Å². The molecular weight excluding hydrogens is 442 g/mol. The molecule has 150 valence electrons. The quantitative estimate of drug-likeness (QED) is 0.742. The van der Waals surface area contributed by atoms with Gasteiger partial charge in [0.05, 0.1) is 15.6 Å². The average Bonchev–Trinajstić information content (AvgIpc) is 3.05. The van der Waals surface area contributed by atoms with E-state index in [-0.39, 0.29) is 28.3 Å². The molecule has 2 aromatic rings. The van der Waals surface area contributed by atoms with E-state index < -0.39 is 10.0 Å². The highest BCUT2D eigenvalue weighted by molar-refractivity contribution is 8.02. The van der Waals surface area contributed by atoms with Gasteiger partial charge in [-0.2, -0.15) is 0 Å². The van der Waals surface area contributed by atoms with Crippen molar-refractivity contribution < 1.29 is 18.0 Å². The standard InChI is InChI=1S/C17H18ClN3O4S3/c1-10-6-11(18)4-5-12(10)19-14(22)8-21-13-7-16(28(24,25)20(2)3)27-17(13)26-9-15(21)23/h4-7H,8-9H2,1-3H3,(H,19,22). The molecule has 0 spiro atoms. The SMILES string of the molecule is Cc1cc(Cl)ccc1NC(=O)CN1C(=O)CSc2sc(S(=O)(=O)N(C)C)cc21. The molecule has 0 fully saturated rings. The highest BCUT2D eigenvalue weighted by Gasteiger charge is 2.32. The van der Waals surface area contributed by atoms with E-state index in [1.807, 2.05) is 6.92 Å². The van der Waals surface area contributed by atoms with Gasteiger partial charge in [-0.1, -0.05) is 11.6 Å². The molecule has 0 atom stereocenters. The molecule has 1 aromatic heterocycles. The first-order valence-corrected chi connectivity index (χ1v) is 11.8. The minimum absolute atomic E-state index is 0.142. The molecule has 0 unspecified atom stereocenters. The summed E-state index contributed by atoms with van der Waals surface area (Å²) in [6.45, 7) is 1.62. The van der Waals surface area contributed by atoms with Crippen molar-refractivity contribution in [1.29, 1.82) is 0 Å². The van der Waals surface area contributed by atoms with Crippen LogP contribution >= 0.6 is 34.7 Å². The lowest BCUT2D eigenvalue weighted by molar-refractivity contribution is -0.120. The number of nitrogens with one attached hydrogen (secondary N) is 1. The molecule has 3 rings (SSSR count). The number of nitrogens with zero attached hydrogens (tertiary/aromatic N) is 2. The Kier molecular flexibility index (Phi) is 6.06. The third-order valence-electron chi connectivity index (χ3n) is 4.07. The molecule has 1 N–H and O–H groups in total. The van der Waals surface area contributed by atoms with Gasteiger partial charge >= 0.3 is 0 Å². The fraction of sp³-hybridized carbons (Fsp3) is 0.294. The van der Waals surface area contributed by atoms with Crippen LogP contribution in [0.2, 0.25) is 5.02 Å². The highest BCUT2D eigenvalue weighted by Crippen LogP contribution is 2.44. The van der Waals surface area contributed by atoms with Crippen LogP contribution in [0.25, 0.3) is 0 Å². The maximum absolute atomic E-state index is 12.5. The van der Waals surface area contributed by atoms with Gasteiger partial charge in [0.1, 0.15) is 10.8 Å². The number of anilines is 2. The summed E-state index contributed by atoms with van der Waals surface area (Å²) in [6, 6.07) is 6.55. The predicted molar refractivity (Wildman–Crippen MR) is 113 cm³/mol. The number of thioether (sulfide) groups is 1. The topological polar surface area (TPSA) is 86.8 Å². The molecule has 0 aliphatic carbocycles. The maximum atomic E-state index is 12.5. The number of halogens is 1. The number of carbonyl (C=O) groups is 2. The van der Waals surface area contributed by atoms with Crippen LogP contribution in [-0.2, 0) is 19.6 Å². The minimum atomic E-state index is -3.61. The molecule has 7 nitrogen and oxygen atoms in total. The number of carbonyl (C=O) groups excluding carboxylic acids is 2. The summed E-state index contributed by atoms with van der Waals surface area (Å²) in [6.07, 6.45) is 0. The second kappa shape index (κ2) is 8.03. The van der Waals surface area contributed by atoms with Crippen LogP contribution in [0.5, 0.6) is 0 Å². The minimum Gasteiger partial charge on any atom is -0.324 e. The Hall–Kier alpha value is -1.59. The smallest absolute Gasteiger partial charge is 0.252 e. The van der Waals surface area contributed by atoms with Gasteiger partial charge in [0, 0.05) is 24.8 Å². The number of sulfonamides is 1.